The van der Waals surface area contributed by atoms with Gasteiger partial charge in [0.2, 0.25) is 0 Å². The van der Waals surface area contributed by atoms with Crippen molar-refractivity contribution in [1.29, 1.82) is 0 Å². The van der Waals surface area contributed by atoms with Crippen molar-refractivity contribution in [2.75, 3.05) is 6.61 Å². The Kier molecular flexibility index (Phi) is 5.63. The molecule has 0 aromatic heterocycles. The van der Waals surface area contributed by atoms with Gasteiger partial charge < -0.3 is 9.47 Å². The van der Waals surface area contributed by atoms with E-state index in [4.69, 9.17) is 9.47 Å². The molecule has 0 bridgehead atoms. The van der Waals surface area contributed by atoms with E-state index in [-0.39, 0.29) is 24.1 Å². The van der Waals surface area contributed by atoms with E-state index in [9.17, 15) is 4.79 Å². The molecule has 3 heteroatoms. The van der Waals surface area contributed by atoms with Crippen LogP contribution in [0, 0.1) is 0 Å². The minimum Gasteiger partial charge on any atom is -0.466 e. The lowest BCUT2D eigenvalue weighted by Gasteiger charge is -2.36. The van der Waals surface area contributed by atoms with E-state index in [0.717, 1.165) is 36.8 Å². The SMILES string of the molecule is CCOC(=O)CC1OC2(CCCCC2)C(c2ccccc2)=C1c1ccccc1. The van der Waals surface area contributed by atoms with Gasteiger partial charge in [0, 0.05) is 0 Å². The molecule has 2 aromatic carbocycles. The van der Waals surface area contributed by atoms with Crippen molar-refractivity contribution in [2.24, 2.45) is 0 Å². The lowest BCUT2D eigenvalue weighted by molar-refractivity contribution is -0.147. The van der Waals surface area contributed by atoms with E-state index in [1.165, 1.54) is 17.6 Å². The fourth-order valence-corrected chi connectivity index (χ4v) is 4.77. The number of carbonyl (C=O) groups excluding carboxylic acids is 1. The number of hydrogen-bond acceptors (Lipinski definition) is 3. The van der Waals surface area contributed by atoms with E-state index in [1.54, 1.807) is 0 Å². The second-order valence-corrected chi connectivity index (χ2v) is 7.69. The molecular weight excluding hydrogens is 348 g/mol. The Labute approximate surface area is 167 Å². The van der Waals surface area contributed by atoms with Crippen LogP contribution >= 0.6 is 0 Å². The fraction of sp³-hybridized carbons (Fsp3) is 0.400. The largest absolute Gasteiger partial charge is 0.466 e. The smallest absolute Gasteiger partial charge is 0.308 e. The monoisotopic (exact) mass is 376 g/mol. The van der Waals surface area contributed by atoms with Crippen LogP contribution in [0.15, 0.2) is 60.7 Å². The number of hydrogen-bond donors (Lipinski definition) is 0. The molecule has 1 aliphatic heterocycles. The van der Waals surface area contributed by atoms with Gasteiger partial charge in [-0.2, -0.15) is 0 Å². The standard InChI is InChI=1S/C25H28O3/c1-2-27-22(26)18-21-23(19-12-6-3-7-13-19)24(20-14-8-4-9-15-20)25(28-21)16-10-5-11-17-25/h3-4,6-9,12-15,21H,2,5,10-11,16-18H2,1H3. The van der Waals surface area contributed by atoms with Gasteiger partial charge in [-0.15, -0.1) is 0 Å². The van der Waals surface area contributed by atoms with Crippen LogP contribution in [0.3, 0.4) is 0 Å². The number of benzene rings is 2. The average Bonchev–Trinajstić information content (AvgIpc) is 3.02. The van der Waals surface area contributed by atoms with Gasteiger partial charge in [0.25, 0.3) is 0 Å². The van der Waals surface area contributed by atoms with Crippen LogP contribution in [0.25, 0.3) is 11.1 Å². The lowest BCUT2D eigenvalue weighted by atomic mass is 9.75. The molecule has 1 atom stereocenters. The summed E-state index contributed by atoms with van der Waals surface area (Å²) in [5, 5.41) is 0. The molecule has 146 valence electrons. The summed E-state index contributed by atoms with van der Waals surface area (Å²) in [7, 11) is 0. The van der Waals surface area contributed by atoms with E-state index < -0.39 is 0 Å². The average molecular weight is 376 g/mol. The second kappa shape index (κ2) is 8.32. The van der Waals surface area contributed by atoms with Crippen LogP contribution in [0.2, 0.25) is 0 Å². The van der Waals surface area contributed by atoms with Crippen LogP contribution in [-0.4, -0.2) is 24.3 Å². The molecule has 1 heterocycles. The summed E-state index contributed by atoms with van der Waals surface area (Å²) < 4.78 is 12.0. The third kappa shape index (κ3) is 3.64. The van der Waals surface area contributed by atoms with Gasteiger partial charge in [0.05, 0.1) is 24.7 Å². The Morgan fingerprint density at radius 3 is 2.18 bits per heavy atom. The van der Waals surface area contributed by atoms with Crippen molar-refractivity contribution in [1.82, 2.24) is 0 Å². The maximum atomic E-state index is 12.4. The summed E-state index contributed by atoms with van der Waals surface area (Å²) in [5.74, 6) is -0.193. The van der Waals surface area contributed by atoms with Gasteiger partial charge >= 0.3 is 5.97 Å². The Hall–Kier alpha value is -2.39. The topological polar surface area (TPSA) is 35.5 Å². The first-order chi connectivity index (χ1) is 13.7. The third-order valence-electron chi connectivity index (χ3n) is 5.88. The number of carbonyl (C=O) groups is 1. The molecule has 0 amide bonds. The third-order valence-corrected chi connectivity index (χ3v) is 5.88. The molecule has 3 nitrogen and oxygen atoms in total. The summed E-state index contributed by atoms with van der Waals surface area (Å²) in [6.45, 7) is 2.24. The van der Waals surface area contributed by atoms with E-state index in [0.29, 0.717) is 6.61 Å². The normalized spacial score (nSPS) is 21.1. The molecule has 1 spiro atoms. The molecule has 0 N–H and O–H groups in total. The molecule has 1 unspecified atom stereocenters. The highest BCUT2D eigenvalue weighted by molar-refractivity contribution is 5.99. The lowest BCUT2D eigenvalue weighted by Crippen LogP contribution is -2.35. The summed E-state index contributed by atoms with van der Waals surface area (Å²) in [5.41, 5.74) is 4.46. The van der Waals surface area contributed by atoms with Gasteiger partial charge in [0.1, 0.15) is 0 Å². The predicted octanol–water partition coefficient (Wildman–Crippen LogP) is 5.65. The van der Waals surface area contributed by atoms with Gasteiger partial charge in [-0.25, -0.2) is 0 Å². The van der Waals surface area contributed by atoms with Crippen LogP contribution in [0.5, 0.6) is 0 Å². The second-order valence-electron chi connectivity index (χ2n) is 7.69. The van der Waals surface area contributed by atoms with E-state index in [1.807, 2.05) is 19.1 Å². The molecule has 2 aliphatic rings. The zero-order valence-corrected chi connectivity index (χ0v) is 16.5. The number of esters is 1. The van der Waals surface area contributed by atoms with Crippen molar-refractivity contribution in [2.45, 2.75) is 57.2 Å². The summed E-state index contributed by atoms with van der Waals surface area (Å²) in [6.07, 6.45) is 5.57. The molecule has 28 heavy (non-hydrogen) atoms. The van der Waals surface area contributed by atoms with Crippen molar-refractivity contribution < 1.29 is 14.3 Å². The predicted molar refractivity (Wildman–Crippen MR) is 112 cm³/mol. The summed E-state index contributed by atoms with van der Waals surface area (Å²) in [4.78, 5) is 12.4. The Morgan fingerprint density at radius 1 is 0.964 bits per heavy atom. The molecule has 2 aromatic rings. The maximum Gasteiger partial charge on any atom is 0.308 e. The van der Waals surface area contributed by atoms with Crippen molar-refractivity contribution in [3.05, 3.63) is 71.8 Å². The quantitative estimate of drug-likeness (QED) is 0.632. The highest BCUT2D eigenvalue weighted by Crippen LogP contribution is 2.53. The molecule has 4 rings (SSSR count). The van der Waals surface area contributed by atoms with Gasteiger partial charge in [0.15, 0.2) is 0 Å². The molecule has 1 fully saturated rings. The number of rotatable bonds is 5. The summed E-state index contributed by atoms with van der Waals surface area (Å²) >= 11 is 0. The zero-order valence-electron chi connectivity index (χ0n) is 16.5. The van der Waals surface area contributed by atoms with Crippen molar-refractivity contribution >= 4 is 17.1 Å². The molecular formula is C25H28O3. The van der Waals surface area contributed by atoms with Crippen LogP contribution in [0.4, 0.5) is 0 Å². The van der Waals surface area contributed by atoms with Crippen LogP contribution < -0.4 is 0 Å². The first kappa shape index (κ1) is 18.9. The summed E-state index contributed by atoms with van der Waals surface area (Å²) in [6, 6.07) is 20.9. The number of ether oxygens (including phenoxy) is 2. The highest BCUT2D eigenvalue weighted by atomic mass is 16.5. The van der Waals surface area contributed by atoms with Crippen molar-refractivity contribution in [3.8, 4) is 0 Å². The van der Waals surface area contributed by atoms with Gasteiger partial charge in [-0.1, -0.05) is 79.9 Å². The van der Waals surface area contributed by atoms with Crippen LogP contribution in [-0.2, 0) is 14.3 Å². The van der Waals surface area contributed by atoms with Gasteiger partial charge in [-0.3, -0.25) is 4.79 Å². The van der Waals surface area contributed by atoms with Crippen LogP contribution in [0.1, 0.15) is 56.6 Å². The maximum absolute atomic E-state index is 12.4. The van der Waals surface area contributed by atoms with E-state index >= 15 is 0 Å². The Balaban J connectivity index is 1.87. The minimum absolute atomic E-state index is 0.193. The first-order valence-electron chi connectivity index (χ1n) is 10.4. The van der Waals surface area contributed by atoms with Gasteiger partial charge in [-0.05, 0) is 42.0 Å². The minimum atomic E-state index is -0.304. The molecule has 1 saturated carbocycles. The molecule has 0 radical (unpaired) electrons. The van der Waals surface area contributed by atoms with E-state index in [2.05, 4.69) is 48.5 Å². The Morgan fingerprint density at radius 2 is 1.57 bits per heavy atom. The fourth-order valence-electron chi connectivity index (χ4n) is 4.77. The van der Waals surface area contributed by atoms with Crippen molar-refractivity contribution in [3.63, 3.8) is 0 Å². The molecule has 0 saturated heterocycles. The Bertz CT molecular complexity index is 833. The zero-order chi connectivity index (χ0) is 19.4. The first-order valence-corrected chi connectivity index (χ1v) is 10.4. The highest BCUT2D eigenvalue weighted by Gasteiger charge is 2.48. The molecule has 1 aliphatic carbocycles.